The van der Waals surface area contributed by atoms with Gasteiger partial charge in [-0.05, 0) is 19.2 Å². The summed E-state index contributed by atoms with van der Waals surface area (Å²) < 4.78 is 5.34. The first kappa shape index (κ1) is 13.4. The van der Waals surface area contributed by atoms with Gasteiger partial charge in [0.15, 0.2) is 0 Å². The second kappa shape index (κ2) is 6.80. The maximum atomic E-state index is 10.9. The van der Waals surface area contributed by atoms with E-state index in [9.17, 15) is 4.79 Å². The second-order valence-corrected chi connectivity index (χ2v) is 3.43. The quantitative estimate of drug-likeness (QED) is 0.761. The van der Waals surface area contributed by atoms with Gasteiger partial charge in [-0.2, -0.15) is 5.10 Å². The normalized spacial score (nSPS) is 10.5. The predicted octanol–water partition coefficient (Wildman–Crippen LogP) is 0.895. The van der Waals surface area contributed by atoms with Gasteiger partial charge in [-0.3, -0.25) is 0 Å². The standard InChI is InChI=1S/C11H17N3O3/c1-3-14(4-2)7-8-17-10-9(11(15)16)5-6-12-13-10/h5-6H,3-4,7-8H2,1-2H3,(H,15,16). The third-order valence-electron chi connectivity index (χ3n) is 2.46. The van der Waals surface area contributed by atoms with Gasteiger partial charge in [-0.15, -0.1) is 5.10 Å². The van der Waals surface area contributed by atoms with Gasteiger partial charge < -0.3 is 14.7 Å². The molecule has 0 saturated heterocycles. The van der Waals surface area contributed by atoms with Crippen LogP contribution in [0, 0.1) is 0 Å². The molecule has 1 aromatic heterocycles. The van der Waals surface area contributed by atoms with Crippen molar-refractivity contribution in [3.63, 3.8) is 0 Å². The zero-order valence-electron chi connectivity index (χ0n) is 10.1. The Kier molecular flexibility index (Phi) is 5.35. The van der Waals surface area contributed by atoms with E-state index in [1.54, 1.807) is 0 Å². The third-order valence-corrected chi connectivity index (χ3v) is 2.46. The second-order valence-electron chi connectivity index (χ2n) is 3.43. The number of aromatic carboxylic acids is 1. The van der Waals surface area contributed by atoms with E-state index >= 15 is 0 Å². The number of aromatic nitrogens is 2. The highest BCUT2D eigenvalue weighted by atomic mass is 16.5. The molecule has 0 aromatic carbocycles. The Hall–Kier alpha value is -1.69. The zero-order valence-corrected chi connectivity index (χ0v) is 10.1. The van der Waals surface area contributed by atoms with Crippen molar-refractivity contribution in [2.45, 2.75) is 13.8 Å². The SMILES string of the molecule is CCN(CC)CCOc1nnccc1C(=O)O. The first-order valence-electron chi connectivity index (χ1n) is 5.59. The fourth-order valence-corrected chi connectivity index (χ4v) is 1.40. The van der Waals surface area contributed by atoms with E-state index in [1.807, 2.05) is 0 Å². The third kappa shape index (κ3) is 3.99. The Balaban J connectivity index is 2.54. The summed E-state index contributed by atoms with van der Waals surface area (Å²) >= 11 is 0. The van der Waals surface area contributed by atoms with Crippen LogP contribution in [-0.4, -0.2) is 52.4 Å². The van der Waals surface area contributed by atoms with Crippen LogP contribution in [0.3, 0.4) is 0 Å². The van der Waals surface area contributed by atoms with E-state index in [0.717, 1.165) is 19.6 Å². The molecule has 0 unspecified atom stereocenters. The molecule has 6 heteroatoms. The van der Waals surface area contributed by atoms with E-state index in [4.69, 9.17) is 9.84 Å². The molecular formula is C11H17N3O3. The minimum atomic E-state index is -1.06. The molecule has 0 amide bonds. The maximum absolute atomic E-state index is 10.9. The smallest absolute Gasteiger partial charge is 0.341 e. The number of nitrogens with zero attached hydrogens (tertiary/aromatic N) is 3. The molecule has 0 radical (unpaired) electrons. The molecule has 0 bridgehead atoms. The average Bonchev–Trinajstić information content (AvgIpc) is 2.35. The van der Waals surface area contributed by atoms with Crippen LogP contribution >= 0.6 is 0 Å². The van der Waals surface area contributed by atoms with Crippen LogP contribution in [0.1, 0.15) is 24.2 Å². The van der Waals surface area contributed by atoms with Crippen molar-refractivity contribution in [2.75, 3.05) is 26.2 Å². The zero-order chi connectivity index (χ0) is 12.7. The summed E-state index contributed by atoms with van der Waals surface area (Å²) in [4.78, 5) is 13.1. The summed E-state index contributed by atoms with van der Waals surface area (Å²) in [7, 11) is 0. The molecule has 1 heterocycles. The molecule has 1 aromatic rings. The molecule has 17 heavy (non-hydrogen) atoms. The van der Waals surface area contributed by atoms with Crippen molar-refractivity contribution in [3.05, 3.63) is 17.8 Å². The van der Waals surface area contributed by atoms with Gasteiger partial charge in [-0.1, -0.05) is 13.8 Å². The highest BCUT2D eigenvalue weighted by molar-refractivity contribution is 5.89. The summed E-state index contributed by atoms with van der Waals surface area (Å²) in [5.74, 6) is -0.982. The molecule has 0 atom stereocenters. The highest BCUT2D eigenvalue weighted by Crippen LogP contribution is 2.12. The molecule has 0 aliphatic carbocycles. The van der Waals surface area contributed by atoms with Crippen LogP contribution in [-0.2, 0) is 0 Å². The summed E-state index contributed by atoms with van der Waals surface area (Å²) in [5.41, 5.74) is 0.0412. The van der Waals surface area contributed by atoms with Gasteiger partial charge in [-0.25, -0.2) is 4.79 Å². The minimum absolute atomic E-state index is 0.0412. The first-order chi connectivity index (χ1) is 8.19. The van der Waals surface area contributed by atoms with Gasteiger partial charge in [0.2, 0.25) is 5.88 Å². The molecule has 1 rings (SSSR count). The first-order valence-corrected chi connectivity index (χ1v) is 5.59. The molecule has 0 spiro atoms. The van der Waals surface area contributed by atoms with Crippen molar-refractivity contribution >= 4 is 5.97 Å². The highest BCUT2D eigenvalue weighted by Gasteiger charge is 2.12. The summed E-state index contributed by atoms with van der Waals surface area (Å²) in [6.07, 6.45) is 1.33. The van der Waals surface area contributed by atoms with E-state index < -0.39 is 5.97 Å². The van der Waals surface area contributed by atoms with Gasteiger partial charge in [0.1, 0.15) is 12.2 Å². The van der Waals surface area contributed by atoms with Gasteiger partial charge >= 0.3 is 5.97 Å². The Bertz CT molecular complexity index is 367. The van der Waals surface area contributed by atoms with E-state index in [-0.39, 0.29) is 11.4 Å². The summed E-state index contributed by atoms with van der Waals surface area (Å²) in [5, 5.41) is 16.2. The van der Waals surface area contributed by atoms with Gasteiger partial charge in [0.25, 0.3) is 0 Å². The Morgan fingerprint density at radius 1 is 1.47 bits per heavy atom. The number of carboxylic acid groups (broad SMARTS) is 1. The molecule has 0 aliphatic heterocycles. The number of rotatable bonds is 7. The molecule has 94 valence electrons. The Morgan fingerprint density at radius 2 is 2.18 bits per heavy atom. The molecule has 0 fully saturated rings. The topological polar surface area (TPSA) is 75.5 Å². The number of carbonyl (C=O) groups is 1. The molecule has 6 nitrogen and oxygen atoms in total. The fraction of sp³-hybridized carbons (Fsp3) is 0.545. The molecule has 0 saturated carbocycles. The van der Waals surface area contributed by atoms with Crippen molar-refractivity contribution in [2.24, 2.45) is 0 Å². The predicted molar refractivity (Wildman–Crippen MR) is 62.3 cm³/mol. The van der Waals surface area contributed by atoms with Crippen LogP contribution in [0.2, 0.25) is 0 Å². The molecular weight excluding hydrogens is 222 g/mol. The number of ether oxygens (including phenoxy) is 1. The number of likely N-dealkylation sites (N-methyl/N-ethyl adjacent to an activating group) is 1. The van der Waals surface area contributed by atoms with Crippen molar-refractivity contribution < 1.29 is 14.6 Å². The van der Waals surface area contributed by atoms with Gasteiger partial charge in [0.05, 0.1) is 6.20 Å². The van der Waals surface area contributed by atoms with Crippen LogP contribution < -0.4 is 4.74 Å². The van der Waals surface area contributed by atoms with Crippen LogP contribution in [0.15, 0.2) is 12.3 Å². The summed E-state index contributed by atoms with van der Waals surface area (Å²) in [6, 6.07) is 1.38. The largest absolute Gasteiger partial charge is 0.477 e. The maximum Gasteiger partial charge on any atom is 0.341 e. The van der Waals surface area contributed by atoms with E-state index in [2.05, 4.69) is 28.9 Å². The Morgan fingerprint density at radius 3 is 2.76 bits per heavy atom. The van der Waals surface area contributed by atoms with Crippen molar-refractivity contribution in [1.29, 1.82) is 0 Å². The lowest BCUT2D eigenvalue weighted by Crippen LogP contribution is -2.28. The average molecular weight is 239 g/mol. The lowest BCUT2D eigenvalue weighted by atomic mass is 10.3. The van der Waals surface area contributed by atoms with Crippen LogP contribution in [0.25, 0.3) is 0 Å². The Labute approximate surface area is 100 Å². The number of hydrogen-bond donors (Lipinski definition) is 1. The van der Waals surface area contributed by atoms with Crippen LogP contribution in [0.4, 0.5) is 0 Å². The van der Waals surface area contributed by atoms with Crippen LogP contribution in [0.5, 0.6) is 5.88 Å². The number of hydrogen-bond acceptors (Lipinski definition) is 5. The minimum Gasteiger partial charge on any atom is -0.477 e. The fourth-order valence-electron chi connectivity index (χ4n) is 1.40. The van der Waals surface area contributed by atoms with Crippen molar-refractivity contribution in [1.82, 2.24) is 15.1 Å². The lowest BCUT2D eigenvalue weighted by molar-refractivity contribution is 0.0690. The van der Waals surface area contributed by atoms with E-state index in [0.29, 0.717) is 6.61 Å². The van der Waals surface area contributed by atoms with Crippen molar-refractivity contribution in [3.8, 4) is 5.88 Å². The lowest BCUT2D eigenvalue weighted by Gasteiger charge is -2.17. The molecule has 1 N–H and O–H groups in total. The molecule has 0 aliphatic rings. The summed E-state index contributed by atoms with van der Waals surface area (Å²) in [6.45, 7) is 7.14. The van der Waals surface area contributed by atoms with E-state index in [1.165, 1.54) is 12.3 Å². The monoisotopic (exact) mass is 239 g/mol. The van der Waals surface area contributed by atoms with Gasteiger partial charge in [0, 0.05) is 6.54 Å². The number of carboxylic acids is 1.